The molecule has 0 bridgehead atoms. The minimum atomic E-state index is -1.05. The number of ether oxygens (including phenoxy) is 1. The summed E-state index contributed by atoms with van der Waals surface area (Å²) in [4.78, 5) is 74.4. The van der Waals surface area contributed by atoms with Gasteiger partial charge in [-0.05, 0) is 52.9 Å². The molecule has 280 valence electrons. The molecule has 1 fully saturated rings. The zero-order valence-corrected chi connectivity index (χ0v) is 33.1. The van der Waals surface area contributed by atoms with Crippen molar-refractivity contribution in [2.75, 3.05) is 31.2 Å². The van der Waals surface area contributed by atoms with Gasteiger partial charge >= 0.3 is 0 Å². The van der Waals surface area contributed by atoms with E-state index in [0.717, 1.165) is 19.3 Å². The first-order valence-electron chi connectivity index (χ1n) is 17.3. The van der Waals surface area contributed by atoms with Gasteiger partial charge in [0.25, 0.3) is 0 Å². The summed E-state index contributed by atoms with van der Waals surface area (Å²) >= 11 is 3.20. The number of carbonyl (C=O) groups excluding carboxylic acids is 6. The second kappa shape index (κ2) is 20.4. The molecule has 0 aromatic carbocycles. The lowest BCUT2D eigenvalue weighted by Gasteiger charge is -2.38. The predicted octanol–water partition coefficient (Wildman–Crippen LogP) is 1.74. The minimum Gasteiger partial charge on any atom is -0.361 e. The van der Waals surface area contributed by atoms with E-state index in [1.54, 1.807) is 44.3 Å². The van der Waals surface area contributed by atoms with Crippen LogP contribution < -0.4 is 27.0 Å². The van der Waals surface area contributed by atoms with E-state index >= 15 is 0 Å². The van der Waals surface area contributed by atoms with E-state index < -0.39 is 45.9 Å². The molecule has 1 aliphatic carbocycles. The van der Waals surface area contributed by atoms with Gasteiger partial charge < -0.3 is 41.3 Å². The van der Waals surface area contributed by atoms with Crippen LogP contribution in [0.5, 0.6) is 0 Å². The number of amides is 3. The highest BCUT2D eigenvalue weighted by atomic mass is 32.2. The Kier molecular flexibility index (Phi) is 18.8. The molecular weight excluding hydrogens is 676 g/mol. The third kappa shape index (κ3) is 17.6. The molecule has 50 heavy (non-hydrogen) atoms. The summed E-state index contributed by atoms with van der Waals surface area (Å²) in [5, 5.41) is 11.7. The monoisotopic (exact) mass is 735 g/mol. The smallest absolute Gasteiger partial charge is 0.243 e. The van der Waals surface area contributed by atoms with Crippen molar-refractivity contribution in [3.63, 3.8) is 0 Å². The van der Waals surface area contributed by atoms with Crippen LogP contribution in [0.1, 0.15) is 101 Å². The van der Waals surface area contributed by atoms with Crippen LogP contribution >= 0.6 is 23.5 Å². The summed E-state index contributed by atoms with van der Waals surface area (Å²) in [6.07, 6.45) is 3.55. The molecule has 5 unspecified atom stereocenters. The van der Waals surface area contributed by atoms with Gasteiger partial charge in [0.05, 0.1) is 30.5 Å². The van der Waals surface area contributed by atoms with Crippen molar-refractivity contribution in [1.29, 1.82) is 0 Å². The topological polar surface area (TPSA) is 186 Å². The van der Waals surface area contributed by atoms with Crippen LogP contribution in [0.2, 0.25) is 0 Å². The Balaban J connectivity index is 2.85. The van der Waals surface area contributed by atoms with Crippen LogP contribution in [0.25, 0.3) is 0 Å². The maximum atomic E-state index is 13.5. The molecule has 0 aromatic heterocycles. The standard InChI is InChI=1S/C34H59B2N5O7S2/c1-10-33(7,8)41-22(29(46)39-18-27(36)44)20-50-24-12-11-23(24)49-19-21(28(45)38-17-26(35)43)40-30(47)32(5,6)15-16-48-34(9,37)14-13-25(42)31(2,3)4/h21-24,41H,10-20,37H2,1-9H3,(H,38,45)(H,39,46)(H,40,47). The zero-order valence-electron chi connectivity index (χ0n) is 31.5. The highest BCUT2D eigenvalue weighted by Crippen LogP contribution is 2.41. The third-order valence-electron chi connectivity index (χ3n) is 8.82. The maximum absolute atomic E-state index is 13.5. The molecule has 4 radical (unpaired) electrons. The van der Waals surface area contributed by atoms with E-state index in [9.17, 15) is 28.8 Å². The molecule has 0 aliphatic heterocycles. The van der Waals surface area contributed by atoms with Gasteiger partial charge in [-0.1, -0.05) is 41.5 Å². The van der Waals surface area contributed by atoms with Gasteiger partial charge in [-0.2, -0.15) is 23.5 Å². The van der Waals surface area contributed by atoms with E-state index in [1.165, 1.54) is 0 Å². The summed E-state index contributed by atoms with van der Waals surface area (Å²) < 4.78 is 5.88. The van der Waals surface area contributed by atoms with E-state index in [1.807, 2.05) is 41.5 Å². The minimum absolute atomic E-state index is 0.0875. The SMILES string of the molecule is [B]C(=O)CNC(=O)C(CSC1CCC1SCC(NC(C)(C)CC)C(=O)NCC([B])=O)NC(=O)C(C)(C)CCOC(C)(N)CCC(=O)C(C)(C)C. The second-order valence-electron chi connectivity index (χ2n) is 15.6. The quantitative estimate of drug-likeness (QED) is 0.0719. The average molecular weight is 736 g/mol. The predicted molar refractivity (Wildman–Crippen MR) is 203 cm³/mol. The van der Waals surface area contributed by atoms with E-state index in [4.69, 9.17) is 26.2 Å². The lowest BCUT2D eigenvalue weighted by atomic mass is 9.87. The molecular formula is C34H59B2N5O7S2. The van der Waals surface area contributed by atoms with Gasteiger partial charge in [-0.3, -0.25) is 19.2 Å². The molecule has 1 rings (SSSR count). The molecule has 3 amide bonds. The zero-order chi connectivity index (χ0) is 38.5. The van der Waals surface area contributed by atoms with Gasteiger partial charge in [-0.25, -0.2) is 0 Å². The maximum Gasteiger partial charge on any atom is 0.243 e. The highest BCUT2D eigenvalue weighted by molar-refractivity contribution is 8.04. The summed E-state index contributed by atoms with van der Waals surface area (Å²) in [5.74, 6) is -0.358. The van der Waals surface area contributed by atoms with Crippen LogP contribution in [0, 0.1) is 10.8 Å². The first kappa shape index (κ1) is 46.2. The van der Waals surface area contributed by atoms with E-state index in [-0.39, 0.29) is 65.5 Å². The Morgan fingerprint density at radius 2 is 1.28 bits per heavy atom. The molecule has 12 nitrogen and oxygen atoms in total. The molecule has 0 aromatic rings. The van der Waals surface area contributed by atoms with E-state index in [0.29, 0.717) is 18.6 Å². The number of rotatable bonds is 24. The largest absolute Gasteiger partial charge is 0.361 e. The van der Waals surface area contributed by atoms with Gasteiger partial charge in [0.1, 0.15) is 17.6 Å². The Bertz CT molecular complexity index is 1200. The Morgan fingerprint density at radius 1 is 0.800 bits per heavy atom. The van der Waals surface area contributed by atoms with Crippen molar-refractivity contribution in [3.05, 3.63) is 0 Å². The fourth-order valence-corrected chi connectivity index (χ4v) is 7.74. The first-order valence-corrected chi connectivity index (χ1v) is 19.4. The Morgan fingerprint density at radius 3 is 1.72 bits per heavy atom. The van der Waals surface area contributed by atoms with Gasteiger partial charge in [-0.15, -0.1) is 0 Å². The Labute approximate surface area is 310 Å². The van der Waals surface area contributed by atoms with Crippen molar-refractivity contribution >= 4 is 74.1 Å². The van der Waals surface area contributed by atoms with Crippen molar-refractivity contribution in [3.8, 4) is 0 Å². The number of nitrogens with one attached hydrogen (secondary N) is 4. The summed E-state index contributed by atoms with van der Waals surface area (Å²) in [5.41, 5.74) is 2.23. The lowest BCUT2D eigenvalue weighted by Crippen LogP contribution is -2.55. The van der Waals surface area contributed by atoms with Crippen molar-refractivity contribution < 1.29 is 33.5 Å². The number of ketones is 1. The van der Waals surface area contributed by atoms with Crippen LogP contribution in [-0.4, -0.2) is 116 Å². The van der Waals surface area contributed by atoms with Crippen molar-refractivity contribution in [2.45, 2.75) is 135 Å². The Hall–Kier alpha value is -1.87. The van der Waals surface area contributed by atoms with Gasteiger partial charge in [0.15, 0.2) is 15.7 Å². The first-order chi connectivity index (χ1) is 22.9. The van der Waals surface area contributed by atoms with Crippen LogP contribution in [-0.2, 0) is 33.5 Å². The lowest BCUT2D eigenvalue weighted by molar-refractivity contribution is -0.135. The van der Waals surface area contributed by atoms with Crippen molar-refractivity contribution in [2.24, 2.45) is 16.6 Å². The number of nitrogens with two attached hydrogens (primary N) is 1. The molecule has 16 heteroatoms. The summed E-state index contributed by atoms with van der Waals surface area (Å²) in [6, 6.07) is -1.47. The van der Waals surface area contributed by atoms with Crippen LogP contribution in [0.4, 0.5) is 0 Å². The summed E-state index contributed by atoms with van der Waals surface area (Å²) in [7, 11) is 10.5. The second-order valence-corrected chi connectivity index (χ2v) is 18.2. The molecule has 0 heterocycles. The normalized spacial score (nSPS) is 18.9. The molecule has 0 saturated heterocycles. The third-order valence-corrected chi connectivity index (χ3v) is 12.0. The van der Waals surface area contributed by atoms with Crippen LogP contribution in [0.3, 0.4) is 0 Å². The number of thioether (sulfide) groups is 2. The van der Waals surface area contributed by atoms with Gasteiger partial charge in [0, 0.05) is 51.4 Å². The average Bonchev–Trinajstić information content (AvgIpc) is 2.98. The highest BCUT2D eigenvalue weighted by Gasteiger charge is 2.37. The molecule has 1 saturated carbocycles. The number of carbonyl (C=O) groups is 6. The van der Waals surface area contributed by atoms with Crippen molar-refractivity contribution in [1.82, 2.24) is 21.3 Å². The van der Waals surface area contributed by atoms with Crippen LogP contribution in [0.15, 0.2) is 0 Å². The number of Topliss-reactive ketones (excluding diaryl/α,β-unsaturated/α-hetero) is 1. The number of hydrogen-bond acceptors (Lipinski definition) is 11. The van der Waals surface area contributed by atoms with E-state index in [2.05, 4.69) is 21.3 Å². The van der Waals surface area contributed by atoms with Gasteiger partial charge in [0.2, 0.25) is 17.7 Å². The fraction of sp³-hybridized carbons (Fsp3) is 0.824. The summed E-state index contributed by atoms with van der Waals surface area (Å²) in [6.45, 7) is 16.4. The number of hydrogen-bond donors (Lipinski definition) is 5. The molecule has 6 N–H and O–H groups in total. The molecule has 1 aliphatic rings. The fourth-order valence-electron chi connectivity index (χ4n) is 4.61. The molecule has 0 spiro atoms. The molecule has 5 atom stereocenters.